The van der Waals surface area contributed by atoms with Crippen LogP contribution in [-0.4, -0.2) is 72.5 Å². The van der Waals surface area contributed by atoms with Gasteiger partial charge < -0.3 is 39.0 Å². The van der Waals surface area contributed by atoms with Crippen molar-refractivity contribution in [1.29, 1.82) is 0 Å². The molecule has 1 aliphatic heterocycles. The summed E-state index contributed by atoms with van der Waals surface area (Å²) in [6, 6.07) is 14.8. The maximum atomic E-state index is 11.4. The van der Waals surface area contributed by atoms with E-state index in [-0.39, 0.29) is 13.2 Å². The largest absolute Gasteiger partial charge is 0.508 e. The van der Waals surface area contributed by atoms with Crippen LogP contribution in [0.4, 0.5) is 4.79 Å². The smallest absolute Gasteiger partial charge is 0.497 e. The minimum atomic E-state index is -1.56. The van der Waals surface area contributed by atoms with E-state index >= 15 is 0 Å². The molecule has 2 aromatic rings. The fourth-order valence-electron chi connectivity index (χ4n) is 3.31. The van der Waals surface area contributed by atoms with Crippen LogP contribution in [-0.2, 0) is 20.6 Å². The van der Waals surface area contributed by atoms with Crippen molar-refractivity contribution in [2.75, 3.05) is 20.3 Å². The number of aliphatic hydroxyl groups is 3. The fourth-order valence-corrected chi connectivity index (χ4v) is 3.31. The van der Waals surface area contributed by atoms with Gasteiger partial charge in [0.25, 0.3) is 0 Å². The van der Waals surface area contributed by atoms with Crippen LogP contribution in [0.2, 0.25) is 0 Å². The number of carbonyl (C=O) groups is 1. The summed E-state index contributed by atoms with van der Waals surface area (Å²) in [4.78, 5) is 11.4. The van der Waals surface area contributed by atoms with Crippen LogP contribution in [0, 0.1) is 0 Å². The lowest BCUT2D eigenvalue weighted by Crippen LogP contribution is -2.60. The van der Waals surface area contributed by atoms with Crippen molar-refractivity contribution in [1.82, 2.24) is 0 Å². The first-order chi connectivity index (χ1) is 15.4. The maximum absolute atomic E-state index is 11.4. The monoisotopic (exact) mass is 448 g/mol. The summed E-state index contributed by atoms with van der Waals surface area (Å²) in [6.07, 6.45) is -7.34. The SMILES string of the molecule is CCOC(=O)OCC1O[C@@H](Oc2ccccc2Cc2ccc(OC)cc2)C(O)[C@@H](O)[C@@H]1O. The van der Waals surface area contributed by atoms with E-state index in [0.29, 0.717) is 12.2 Å². The highest BCUT2D eigenvalue weighted by molar-refractivity contribution is 5.59. The number of methoxy groups -OCH3 is 1. The molecule has 1 heterocycles. The van der Waals surface area contributed by atoms with Crippen LogP contribution in [0.15, 0.2) is 48.5 Å². The van der Waals surface area contributed by atoms with Gasteiger partial charge >= 0.3 is 6.16 Å². The van der Waals surface area contributed by atoms with Crippen molar-refractivity contribution in [3.8, 4) is 11.5 Å². The number of rotatable bonds is 8. The predicted octanol–water partition coefficient (Wildman–Crippen LogP) is 1.65. The molecule has 9 heteroatoms. The molecular weight excluding hydrogens is 420 g/mol. The van der Waals surface area contributed by atoms with Crippen LogP contribution in [0.3, 0.4) is 0 Å². The van der Waals surface area contributed by atoms with Crippen LogP contribution in [0.25, 0.3) is 0 Å². The third kappa shape index (κ3) is 5.89. The third-order valence-electron chi connectivity index (χ3n) is 5.07. The summed E-state index contributed by atoms with van der Waals surface area (Å²) in [5.74, 6) is 1.20. The number of benzene rings is 2. The van der Waals surface area contributed by atoms with Crippen molar-refractivity contribution in [3.63, 3.8) is 0 Å². The summed E-state index contributed by atoms with van der Waals surface area (Å²) in [5.41, 5.74) is 1.84. The van der Waals surface area contributed by atoms with E-state index in [0.717, 1.165) is 16.9 Å². The molecule has 9 nitrogen and oxygen atoms in total. The van der Waals surface area contributed by atoms with Gasteiger partial charge in [0.05, 0.1) is 13.7 Å². The highest BCUT2D eigenvalue weighted by atomic mass is 16.7. The number of hydrogen-bond donors (Lipinski definition) is 3. The zero-order valence-electron chi connectivity index (χ0n) is 17.9. The molecule has 1 aliphatic rings. The van der Waals surface area contributed by atoms with Gasteiger partial charge in [-0.25, -0.2) is 4.79 Å². The first kappa shape index (κ1) is 23.8. The molecule has 174 valence electrons. The van der Waals surface area contributed by atoms with Gasteiger partial charge in [0.15, 0.2) is 0 Å². The lowest BCUT2D eigenvalue weighted by molar-refractivity contribution is -0.278. The molecule has 2 aromatic carbocycles. The average Bonchev–Trinajstić information content (AvgIpc) is 2.80. The number of ether oxygens (including phenoxy) is 5. The lowest BCUT2D eigenvalue weighted by Gasteiger charge is -2.40. The fraction of sp³-hybridized carbons (Fsp3) is 0.435. The first-order valence-electron chi connectivity index (χ1n) is 10.3. The molecule has 5 atom stereocenters. The van der Waals surface area contributed by atoms with E-state index in [1.165, 1.54) is 0 Å². The molecule has 32 heavy (non-hydrogen) atoms. The Labute approximate surface area is 186 Å². The quantitative estimate of drug-likeness (QED) is 0.517. The topological polar surface area (TPSA) is 124 Å². The summed E-state index contributed by atoms with van der Waals surface area (Å²) in [6.45, 7) is 1.38. The Morgan fingerprint density at radius 2 is 1.69 bits per heavy atom. The molecule has 1 saturated heterocycles. The Morgan fingerprint density at radius 3 is 2.38 bits per heavy atom. The molecule has 0 bridgehead atoms. The molecule has 2 unspecified atom stereocenters. The molecule has 0 saturated carbocycles. The molecule has 0 radical (unpaired) electrons. The first-order valence-corrected chi connectivity index (χ1v) is 10.3. The van der Waals surface area contributed by atoms with E-state index in [2.05, 4.69) is 4.74 Å². The number of hydrogen-bond acceptors (Lipinski definition) is 9. The second-order valence-electron chi connectivity index (χ2n) is 7.26. The third-order valence-corrected chi connectivity index (χ3v) is 5.07. The van der Waals surface area contributed by atoms with Crippen LogP contribution >= 0.6 is 0 Å². The van der Waals surface area contributed by atoms with E-state index in [4.69, 9.17) is 18.9 Å². The predicted molar refractivity (Wildman–Crippen MR) is 113 cm³/mol. The van der Waals surface area contributed by atoms with Gasteiger partial charge in [0, 0.05) is 6.42 Å². The van der Waals surface area contributed by atoms with Crippen molar-refractivity contribution in [3.05, 3.63) is 59.7 Å². The summed E-state index contributed by atoms with van der Waals surface area (Å²) in [5, 5.41) is 30.8. The highest BCUT2D eigenvalue weighted by Gasteiger charge is 2.45. The van der Waals surface area contributed by atoms with Crippen LogP contribution < -0.4 is 9.47 Å². The summed E-state index contributed by atoms with van der Waals surface area (Å²) >= 11 is 0. The van der Waals surface area contributed by atoms with Gasteiger partial charge in [-0.05, 0) is 36.2 Å². The Kier molecular flexibility index (Phi) is 8.29. The number of carbonyl (C=O) groups excluding carboxylic acids is 1. The van der Waals surface area contributed by atoms with E-state index in [1.807, 2.05) is 36.4 Å². The average molecular weight is 448 g/mol. The number of aliphatic hydroxyl groups excluding tert-OH is 3. The zero-order chi connectivity index (χ0) is 23.1. The van der Waals surface area contributed by atoms with Crippen molar-refractivity contribution >= 4 is 6.16 Å². The molecule has 0 aliphatic carbocycles. The van der Waals surface area contributed by atoms with E-state index < -0.39 is 36.9 Å². The van der Waals surface area contributed by atoms with Crippen molar-refractivity contribution < 1.29 is 43.8 Å². The summed E-state index contributed by atoms with van der Waals surface area (Å²) < 4.78 is 26.2. The molecule has 0 amide bonds. The maximum Gasteiger partial charge on any atom is 0.508 e. The standard InChI is InChI=1S/C23H28O9/c1-3-29-23(27)30-13-18-19(24)20(25)21(26)22(32-18)31-17-7-5-4-6-15(17)12-14-8-10-16(28-2)11-9-14/h4-11,18-22,24-26H,3,12-13H2,1-2H3/t18?,19-,20+,21?,22-/m1/s1. The lowest BCUT2D eigenvalue weighted by atomic mass is 9.99. The molecule has 3 rings (SSSR count). The van der Waals surface area contributed by atoms with Crippen molar-refractivity contribution in [2.45, 2.75) is 44.1 Å². The van der Waals surface area contributed by atoms with Crippen LogP contribution in [0.1, 0.15) is 18.1 Å². The molecular formula is C23H28O9. The minimum absolute atomic E-state index is 0.130. The Balaban J connectivity index is 1.71. The highest BCUT2D eigenvalue weighted by Crippen LogP contribution is 2.28. The van der Waals surface area contributed by atoms with E-state index in [9.17, 15) is 20.1 Å². The molecule has 0 spiro atoms. The Morgan fingerprint density at radius 1 is 0.969 bits per heavy atom. The molecule has 3 N–H and O–H groups in total. The Bertz CT molecular complexity index is 870. The summed E-state index contributed by atoms with van der Waals surface area (Å²) in [7, 11) is 1.60. The second-order valence-corrected chi connectivity index (χ2v) is 7.26. The second kappa shape index (κ2) is 11.1. The van der Waals surface area contributed by atoms with Gasteiger partial charge in [-0.3, -0.25) is 0 Å². The van der Waals surface area contributed by atoms with Gasteiger partial charge in [0.2, 0.25) is 6.29 Å². The van der Waals surface area contributed by atoms with Crippen LogP contribution in [0.5, 0.6) is 11.5 Å². The molecule has 0 aromatic heterocycles. The number of para-hydroxylation sites is 1. The van der Waals surface area contributed by atoms with Crippen molar-refractivity contribution in [2.24, 2.45) is 0 Å². The Hall–Kier alpha value is -2.85. The van der Waals surface area contributed by atoms with E-state index in [1.54, 1.807) is 26.2 Å². The van der Waals surface area contributed by atoms with Gasteiger partial charge in [-0.2, -0.15) is 0 Å². The minimum Gasteiger partial charge on any atom is -0.497 e. The molecule has 1 fully saturated rings. The van der Waals surface area contributed by atoms with Gasteiger partial charge in [-0.15, -0.1) is 0 Å². The normalized spacial score (nSPS) is 25.1. The van der Waals surface area contributed by atoms with Gasteiger partial charge in [-0.1, -0.05) is 30.3 Å². The van der Waals surface area contributed by atoms with Gasteiger partial charge in [0.1, 0.15) is 42.5 Å². The zero-order valence-corrected chi connectivity index (χ0v) is 17.9.